The largest absolute Gasteiger partial charge is 0.507 e. The fourth-order valence-corrected chi connectivity index (χ4v) is 0.812. The van der Waals surface area contributed by atoms with Crippen molar-refractivity contribution in [1.82, 2.24) is 0 Å². The second-order valence-electron chi connectivity index (χ2n) is 1.99. The highest BCUT2D eigenvalue weighted by atomic mass is 16.3. The molecule has 11 heavy (non-hydrogen) atoms. The minimum Gasteiger partial charge on any atom is -0.507 e. The third kappa shape index (κ3) is 1.18. The third-order valence-electron chi connectivity index (χ3n) is 1.34. The average Bonchev–Trinajstić information content (AvgIpc) is 2.04. The van der Waals surface area contributed by atoms with E-state index < -0.39 is 0 Å². The van der Waals surface area contributed by atoms with Crippen molar-refractivity contribution >= 4 is 0 Å². The predicted molar refractivity (Wildman–Crippen MR) is 44.0 cm³/mol. The molecule has 0 spiro atoms. The molecule has 0 aromatic heterocycles. The van der Waals surface area contributed by atoms with Crippen molar-refractivity contribution in [1.29, 1.82) is 0 Å². The number of phenolic OH excluding ortho intramolecular Hbond substituents is 1. The highest BCUT2D eigenvalue weighted by molar-refractivity contribution is 5.55. The Labute approximate surface area is 65.7 Å². The molecule has 52 valence electrons. The summed E-state index contributed by atoms with van der Waals surface area (Å²) in [7, 11) is 0. The van der Waals surface area contributed by atoms with Gasteiger partial charge in [-0.3, -0.25) is 0 Å². The SMILES string of the molecule is C#Cc1cccc(O)c1C#C. The molecule has 1 rings (SSSR count). The van der Waals surface area contributed by atoms with E-state index in [0.29, 0.717) is 11.1 Å². The second kappa shape index (κ2) is 2.82. The molecule has 0 aliphatic carbocycles. The fraction of sp³-hybridized carbons (Fsp3) is 0. The summed E-state index contributed by atoms with van der Waals surface area (Å²) in [5.41, 5.74) is 0.933. The van der Waals surface area contributed by atoms with E-state index >= 15 is 0 Å². The van der Waals surface area contributed by atoms with Crippen LogP contribution in [-0.4, -0.2) is 5.11 Å². The lowest BCUT2D eigenvalue weighted by Crippen LogP contribution is -1.82. The second-order valence-corrected chi connectivity index (χ2v) is 1.99. The van der Waals surface area contributed by atoms with Crippen LogP contribution in [0.15, 0.2) is 18.2 Å². The van der Waals surface area contributed by atoms with Gasteiger partial charge in [-0.1, -0.05) is 17.9 Å². The van der Waals surface area contributed by atoms with Crippen molar-refractivity contribution in [3.05, 3.63) is 29.3 Å². The van der Waals surface area contributed by atoms with Gasteiger partial charge in [0.2, 0.25) is 0 Å². The first-order valence-electron chi connectivity index (χ1n) is 3.04. The molecule has 0 amide bonds. The Morgan fingerprint density at radius 3 is 2.36 bits per heavy atom. The summed E-state index contributed by atoms with van der Waals surface area (Å²) >= 11 is 0. The zero-order valence-corrected chi connectivity index (χ0v) is 5.83. The summed E-state index contributed by atoms with van der Waals surface area (Å²) < 4.78 is 0. The smallest absolute Gasteiger partial charge is 0.132 e. The normalized spacial score (nSPS) is 8.18. The van der Waals surface area contributed by atoms with Crippen LogP contribution in [0.4, 0.5) is 0 Å². The average molecular weight is 142 g/mol. The summed E-state index contributed by atoms with van der Waals surface area (Å²) in [6, 6.07) is 4.86. The molecular formula is C10H6O. The molecule has 0 radical (unpaired) electrons. The van der Waals surface area contributed by atoms with Gasteiger partial charge >= 0.3 is 0 Å². The van der Waals surface area contributed by atoms with Crippen LogP contribution in [0.2, 0.25) is 0 Å². The van der Waals surface area contributed by atoms with Crippen molar-refractivity contribution in [3.63, 3.8) is 0 Å². The Hall–Kier alpha value is -1.86. The maximum atomic E-state index is 9.18. The monoisotopic (exact) mass is 142 g/mol. The van der Waals surface area contributed by atoms with E-state index in [4.69, 9.17) is 12.8 Å². The summed E-state index contributed by atoms with van der Waals surface area (Å²) in [6.07, 6.45) is 10.3. The van der Waals surface area contributed by atoms with Crippen molar-refractivity contribution < 1.29 is 5.11 Å². The molecule has 1 nitrogen and oxygen atoms in total. The Kier molecular flexibility index (Phi) is 1.86. The van der Waals surface area contributed by atoms with Gasteiger partial charge in [-0.15, -0.1) is 12.8 Å². The summed E-state index contributed by atoms with van der Waals surface area (Å²) in [4.78, 5) is 0. The zero-order valence-electron chi connectivity index (χ0n) is 5.83. The molecule has 1 aromatic carbocycles. The first-order valence-corrected chi connectivity index (χ1v) is 3.04. The number of hydrogen-bond acceptors (Lipinski definition) is 1. The number of benzene rings is 1. The highest BCUT2D eigenvalue weighted by Gasteiger charge is 2.00. The minimum absolute atomic E-state index is 0.0583. The van der Waals surface area contributed by atoms with Crippen molar-refractivity contribution in [3.8, 4) is 30.4 Å². The molecule has 0 bridgehead atoms. The van der Waals surface area contributed by atoms with Crippen molar-refractivity contribution in [2.45, 2.75) is 0 Å². The Morgan fingerprint density at radius 1 is 1.18 bits per heavy atom. The molecule has 0 saturated carbocycles. The van der Waals surface area contributed by atoms with Gasteiger partial charge in [-0.05, 0) is 12.1 Å². The van der Waals surface area contributed by atoms with Crippen LogP contribution in [0.1, 0.15) is 11.1 Å². The molecule has 0 atom stereocenters. The molecule has 1 N–H and O–H groups in total. The van der Waals surface area contributed by atoms with E-state index in [2.05, 4.69) is 11.8 Å². The first kappa shape index (κ1) is 7.25. The number of hydrogen-bond donors (Lipinski definition) is 1. The van der Waals surface area contributed by atoms with Gasteiger partial charge in [0.25, 0.3) is 0 Å². The fourth-order valence-electron chi connectivity index (χ4n) is 0.812. The van der Waals surface area contributed by atoms with E-state index in [9.17, 15) is 5.11 Å². The number of terminal acetylenes is 2. The molecule has 1 aromatic rings. The molecule has 0 aliphatic rings. The van der Waals surface area contributed by atoms with Crippen molar-refractivity contribution in [2.75, 3.05) is 0 Å². The van der Waals surface area contributed by atoms with E-state index in [1.807, 2.05) is 0 Å². The molecular weight excluding hydrogens is 136 g/mol. The quantitative estimate of drug-likeness (QED) is 0.542. The van der Waals surface area contributed by atoms with Gasteiger partial charge in [0.1, 0.15) is 5.75 Å². The summed E-state index contributed by atoms with van der Waals surface area (Å²) in [5, 5.41) is 9.18. The molecule has 0 fully saturated rings. The van der Waals surface area contributed by atoms with Crippen LogP contribution in [0.5, 0.6) is 5.75 Å². The predicted octanol–water partition coefficient (Wildman–Crippen LogP) is 1.35. The minimum atomic E-state index is 0.0583. The van der Waals surface area contributed by atoms with Crippen LogP contribution in [-0.2, 0) is 0 Å². The van der Waals surface area contributed by atoms with Gasteiger partial charge < -0.3 is 5.11 Å². The van der Waals surface area contributed by atoms with E-state index in [-0.39, 0.29) is 5.75 Å². The summed E-state index contributed by atoms with van der Waals surface area (Å²) in [5.74, 6) is 4.77. The van der Waals surface area contributed by atoms with Crippen LogP contribution >= 0.6 is 0 Å². The highest BCUT2D eigenvalue weighted by Crippen LogP contribution is 2.18. The zero-order chi connectivity index (χ0) is 8.27. The third-order valence-corrected chi connectivity index (χ3v) is 1.34. The molecule has 0 unspecified atom stereocenters. The van der Waals surface area contributed by atoms with Gasteiger partial charge in [-0.2, -0.15) is 0 Å². The maximum absolute atomic E-state index is 9.18. The maximum Gasteiger partial charge on any atom is 0.132 e. The lowest BCUT2D eigenvalue weighted by molar-refractivity contribution is 0.473. The van der Waals surface area contributed by atoms with E-state index in [1.165, 1.54) is 6.07 Å². The van der Waals surface area contributed by atoms with Crippen LogP contribution in [0.3, 0.4) is 0 Å². The van der Waals surface area contributed by atoms with E-state index in [1.54, 1.807) is 12.1 Å². The number of phenols is 1. The van der Waals surface area contributed by atoms with Crippen molar-refractivity contribution in [2.24, 2.45) is 0 Å². The Morgan fingerprint density at radius 2 is 1.91 bits per heavy atom. The topological polar surface area (TPSA) is 20.2 Å². The number of rotatable bonds is 0. The van der Waals surface area contributed by atoms with Gasteiger partial charge in [0.05, 0.1) is 5.56 Å². The molecule has 0 aliphatic heterocycles. The van der Waals surface area contributed by atoms with E-state index in [0.717, 1.165) is 0 Å². The van der Waals surface area contributed by atoms with Gasteiger partial charge in [0, 0.05) is 5.56 Å². The first-order chi connectivity index (χ1) is 5.29. The van der Waals surface area contributed by atoms with Gasteiger partial charge in [-0.25, -0.2) is 0 Å². The molecule has 1 heteroatoms. The molecule has 0 heterocycles. The standard InChI is InChI=1S/C10H6O/c1-3-8-6-5-7-10(11)9(8)4-2/h1-2,5-7,11H. The van der Waals surface area contributed by atoms with Crippen LogP contribution < -0.4 is 0 Å². The van der Waals surface area contributed by atoms with Crippen LogP contribution in [0, 0.1) is 24.7 Å². The van der Waals surface area contributed by atoms with Crippen LogP contribution in [0.25, 0.3) is 0 Å². The van der Waals surface area contributed by atoms with Gasteiger partial charge in [0.15, 0.2) is 0 Å². The number of aromatic hydroxyl groups is 1. The summed E-state index contributed by atoms with van der Waals surface area (Å²) in [6.45, 7) is 0. The molecule has 0 saturated heterocycles. The lowest BCUT2D eigenvalue weighted by atomic mass is 10.1. The Bertz CT molecular complexity index is 350. The lowest BCUT2D eigenvalue weighted by Gasteiger charge is -1.97. The Balaban J connectivity index is 3.42.